The summed E-state index contributed by atoms with van der Waals surface area (Å²) in [5, 5.41) is 0. The normalized spacial score (nSPS) is 10.3. The van der Waals surface area contributed by atoms with Crippen LogP contribution in [0.3, 0.4) is 0 Å². The highest BCUT2D eigenvalue weighted by Gasteiger charge is 2.05. The van der Waals surface area contributed by atoms with Crippen molar-refractivity contribution >= 4 is 12.0 Å². The zero-order valence-corrected chi connectivity index (χ0v) is 8.49. The minimum Gasteiger partial charge on any atom is -0.494 e. The second-order valence-electron chi connectivity index (χ2n) is 2.72. The van der Waals surface area contributed by atoms with Gasteiger partial charge in [-0.05, 0) is 12.1 Å². The topological polar surface area (TPSA) is 35.5 Å². The van der Waals surface area contributed by atoms with Gasteiger partial charge in [0.15, 0.2) is 11.6 Å². The fraction of sp³-hybridized carbons (Fsp3) is 0.182. The molecule has 1 aromatic rings. The van der Waals surface area contributed by atoms with E-state index < -0.39 is 11.8 Å². The number of hydrogen-bond acceptors (Lipinski definition) is 3. The van der Waals surface area contributed by atoms with Crippen molar-refractivity contribution in [2.75, 3.05) is 14.2 Å². The van der Waals surface area contributed by atoms with E-state index in [4.69, 9.17) is 4.74 Å². The molecule has 1 aromatic carbocycles. The lowest BCUT2D eigenvalue weighted by atomic mass is 10.2. The molecule has 15 heavy (non-hydrogen) atoms. The Morgan fingerprint density at radius 2 is 2.13 bits per heavy atom. The summed E-state index contributed by atoms with van der Waals surface area (Å²) in [6.07, 6.45) is 2.49. The molecule has 80 valence electrons. The Balaban J connectivity index is 2.95. The summed E-state index contributed by atoms with van der Waals surface area (Å²) in [5.41, 5.74) is 0.278. The molecule has 0 saturated carbocycles. The van der Waals surface area contributed by atoms with Gasteiger partial charge in [0.05, 0.1) is 14.2 Å². The Bertz CT molecular complexity index is 385. The molecule has 0 atom stereocenters. The highest BCUT2D eigenvalue weighted by molar-refractivity contribution is 5.87. The van der Waals surface area contributed by atoms with Crippen LogP contribution in [-0.4, -0.2) is 20.2 Å². The average molecular weight is 210 g/mol. The van der Waals surface area contributed by atoms with E-state index in [0.29, 0.717) is 0 Å². The summed E-state index contributed by atoms with van der Waals surface area (Å²) < 4.78 is 22.7. The third-order valence-corrected chi connectivity index (χ3v) is 1.81. The van der Waals surface area contributed by atoms with E-state index in [1.54, 1.807) is 6.07 Å². The maximum Gasteiger partial charge on any atom is 0.330 e. The Labute approximate surface area is 87.1 Å². The van der Waals surface area contributed by atoms with Crippen LogP contribution in [0.5, 0.6) is 5.75 Å². The fourth-order valence-corrected chi connectivity index (χ4v) is 1.04. The van der Waals surface area contributed by atoms with Crippen LogP contribution in [0.15, 0.2) is 24.3 Å². The average Bonchev–Trinajstić information content (AvgIpc) is 2.27. The van der Waals surface area contributed by atoms with Crippen molar-refractivity contribution in [3.8, 4) is 5.75 Å². The summed E-state index contributed by atoms with van der Waals surface area (Å²) in [7, 11) is 2.64. The summed E-state index contributed by atoms with van der Waals surface area (Å²) >= 11 is 0. The first-order valence-corrected chi connectivity index (χ1v) is 4.27. The molecule has 0 saturated heterocycles. The lowest BCUT2D eigenvalue weighted by molar-refractivity contribution is -0.134. The van der Waals surface area contributed by atoms with Gasteiger partial charge in [0, 0.05) is 11.6 Å². The van der Waals surface area contributed by atoms with Gasteiger partial charge in [-0.1, -0.05) is 12.1 Å². The van der Waals surface area contributed by atoms with Crippen molar-refractivity contribution in [2.45, 2.75) is 0 Å². The maximum atomic E-state index is 13.5. The van der Waals surface area contributed by atoms with Gasteiger partial charge in [-0.25, -0.2) is 9.18 Å². The Kier molecular flexibility index (Phi) is 3.85. The number of ether oxygens (including phenoxy) is 2. The zero-order valence-electron chi connectivity index (χ0n) is 8.49. The molecule has 0 N–H and O–H groups in total. The molecule has 0 bridgehead atoms. The van der Waals surface area contributed by atoms with Crippen LogP contribution in [0.25, 0.3) is 6.08 Å². The number of halogens is 1. The van der Waals surface area contributed by atoms with E-state index in [-0.39, 0.29) is 11.3 Å². The fourth-order valence-electron chi connectivity index (χ4n) is 1.04. The molecule has 0 fully saturated rings. The molecule has 0 amide bonds. The van der Waals surface area contributed by atoms with Gasteiger partial charge in [0.2, 0.25) is 0 Å². The summed E-state index contributed by atoms with van der Waals surface area (Å²) in [5.74, 6) is -0.889. The van der Waals surface area contributed by atoms with Gasteiger partial charge >= 0.3 is 5.97 Å². The Hall–Kier alpha value is -1.84. The number of esters is 1. The zero-order chi connectivity index (χ0) is 11.3. The van der Waals surface area contributed by atoms with Crippen LogP contribution in [0.2, 0.25) is 0 Å². The molecule has 0 heterocycles. The van der Waals surface area contributed by atoms with Crippen molar-refractivity contribution in [2.24, 2.45) is 0 Å². The van der Waals surface area contributed by atoms with Crippen LogP contribution >= 0.6 is 0 Å². The Morgan fingerprint density at radius 1 is 1.40 bits per heavy atom. The van der Waals surface area contributed by atoms with Gasteiger partial charge in [0.1, 0.15) is 0 Å². The molecular formula is C11H11FO3. The number of carbonyl (C=O) groups is 1. The predicted molar refractivity (Wildman–Crippen MR) is 54.0 cm³/mol. The minimum absolute atomic E-state index is 0.141. The molecule has 3 nitrogen and oxygen atoms in total. The standard InChI is InChI=1S/C11H11FO3/c1-14-9-5-3-4-8(11(9)12)6-7-10(13)15-2/h3-7H,1-2H3. The monoisotopic (exact) mass is 210 g/mol. The largest absolute Gasteiger partial charge is 0.494 e. The van der Waals surface area contributed by atoms with Gasteiger partial charge in [-0.15, -0.1) is 0 Å². The first-order chi connectivity index (χ1) is 7.19. The molecule has 0 radical (unpaired) electrons. The van der Waals surface area contributed by atoms with Crippen molar-refractivity contribution in [1.82, 2.24) is 0 Å². The molecular weight excluding hydrogens is 199 g/mol. The van der Waals surface area contributed by atoms with Crippen molar-refractivity contribution < 1.29 is 18.7 Å². The lowest BCUT2D eigenvalue weighted by Gasteiger charge is -2.03. The lowest BCUT2D eigenvalue weighted by Crippen LogP contribution is -1.94. The Morgan fingerprint density at radius 3 is 2.73 bits per heavy atom. The molecule has 0 aliphatic heterocycles. The van der Waals surface area contributed by atoms with Crippen LogP contribution in [0.1, 0.15) is 5.56 Å². The first kappa shape index (κ1) is 11.2. The van der Waals surface area contributed by atoms with Crippen molar-refractivity contribution in [1.29, 1.82) is 0 Å². The number of methoxy groups -OCH3 is 2. The second kappa shape index (κ2) is 5.14. The number of carbonyl (C=O) groups excluding carboxylic acids is 1. The van der Waals surface area contributed by atoms with E-state index >= 15 is 0 Å². The third-order valence-electron chi connectivity index (χ3n) is 1.81. The molecule has 4 heteroatoms. The first-order valence-electron chi connectivity index (χ1n) is 4.27. The SMILES string of the molecule is COC(=O)C=Cc1cccc(OC)c1F. The van der Waals surface area contributed by atoms with Crippen molar-refractivity contribution in [3.63, 3.8) is 0 Å². The van der Waals surface area contributed by atoms with Crippen LogP contribution in [0, 0.1) is 5.82 Å². The van der Waals surface area contributed by atoms with Gasteiger partial charge in [-0.3, -0.25) is 0 Å². The predicted octanol–water partition coefficient (Wildman–Crippen LogP) is 2.02. The van der Waals surface area contributed by atoms with E-state index in [2.05, 4.69) is 4.74 Å². The molecule has 0 aromatic heterocycles. The number of rotatable bonds is 3. The number of benzene rings is 1. The highest BCUT2D eigenvalue weighted by Crippen LogP contribution is 2.20. The van der Waals surface area contributed by atoms with Crippen LogP contribution in [-0.2, 0) is 9.53 Å². The molecule has 0 aliphatic rings. The van der Waals surface area contributed by atoms with Crippen LogP contribution in [0.4, 0.5) is 4.39 Å². The molecule has 1 rings (SSSR count). The van der Waals surface area contributed by atoms with E-state index in [1.807, 2.05) is 0 Å². The summed E-state index contributed by atoms with van der Waals surface area (Å²) in [4.78, 5) is 10.8. The molecule has 0 unspecified atom stereocenters. The molecule has 0 aliphatic carbocycles. The van der Waals surface area contributed by atoms with E-state index in [9.17, 15) is 9.18 Å². The van der Waals surface area contributed by atoms with Crippen molar-refractivity contribution in [3.05, 3.63) is 35.7 Å². The van der Waals surface area contributed by atoms with Gasteiger partial charge in [0.25, 0.3) is 0 Å². The molecule has 0 spiro atoms. The van der Waals surface area contributed by atoms with Gasteiger partial charge < -0.3 is 9.47 Å². The third kappa shape index (κ3) is 2.80. The summed E-state index contributed by atoms with van der Waals surface area (Å²) in [6.45, 7) is 0. The van der Waals surface area contributed by atoms with Crippen LogP contribution < -0.4 is 4.74 Å². The van der Waals surface area contributed by atoms with E-state index in [1.165, 1.54) is 32.4 Å². The van der Waals surface area contributed by atoms with E-state index in [0.717, 1.165) is 6.08 Å². The summed E-state index contributed by atoms with van der Waals surface area (Å²) in [6, 6.07) is 4.68. The highest BCUT2D eigenvalue weighted by atomic mass is 19.1. The minimum atomic E-state index is -0.530. The smallest absolute Gasteiger partial charge is 0.330 e. The quantitative estimate of drug-likeness (QED) is 0.565. The maximum absolute atomic E-state index is 13.5. The number of hydrogen-bond donors (Lipinski definition) is 0. The van der Waals surface area contributed by atoms with Gasteiger partial charge in [-0.2, -0.15) is 0 Å². The second-order valence-corrected chi connectivity index (χ2v) is 2.72.